The first-order chi connectivity index (χ1) is 6.15. The number of amides is 1. The average Bonchev–Trinajstić information content (AvgIpc) is 2.08. The van der Waals surface area contributed by atoms with E-state index in [-0.39, 0.29) is 13.1 Å². The third-order valence-electron chi connectivity index (χ3n) is 1.97. The van der Waals surface area contributed by atoms with Crippen LogP contribution in [0.2, 0.25) is 0 Å². The van der Waals surface area contributed by atoms with Crippen molar-refractivity contribution in [2.75, 3.05) is 13.1 Å². The normalized spacial score (nSPS) is 25.7. The predicted molar refractivity (Wildman–Crippen MR) is 42.8 cm³/mol. The highest BCUT2D eigenvalue weighted by atomic mass is 19.1. The number of nitrogens with zero attached hydrogens (tertiary/aromatic N) is 2. The topological polar surface area (TPSA) is 64.3 Å². The smallest absolute Gasteiger partial charge is 0.407 e. The first-order valence-electron chi connectivity index (χ1n) is 3.85. The van der Waals surface area contributed by atoms with Gasteiger partial charge >= 0.3 is 6.09 Å². The Labute approximate surface area is 74.9 Å². The summed E-state index contributed by atoms with van der Waals surface area (Å²) in [6.07, 6.45) is -0.978. The number of halogens is 1. The van der Waals surface area contributed by atoms with Crippen molar-refractivity contribution in [1.29, 1.82) is 5.26 Å². The third kappa shape index (κ3) is 2.18. The molecule has 0 aliphatic carbocycles. The SMILES string of the molecule is N#C/C=C1/CCN(C(=O)O)CC1F. The Bertz CT molecular complexity index is 282. The second-order valence-corrected chi connectivity index (χ2v) is 2.79. The van der Waals surface area contributed by atoms with Gasteiger partial charge in [0.2, 0.25) is 0 Å². The van der Waals surface area contributed by atoms with Gasteiger partial charge in [0, 0.05) is 12.6 Å². The molecule has 0 saturated carbocycles. The molecule has 1 atom stereocenters. The van der Waals surface area contributed by atoms with Crippen molar-refractivity contribution in [1.82, 2.24) is 4.90 Å². The van der Waals surface area contributed by atoms with Crippen molar-refractivity contribution in [3.63, 3.8) is 0 Å². The van der Waals surface area contributed by atoms with Crippen LogP contribution in [0, 0.1) is 11.3 Å². The van der Waals surface area contributed by atoms with E-state index in [0.717, 1.165) is 11.0 Å². The summed E-state index contributed by atoms with van der Waals surface area (Å²) >= 11 is 0. The first-order valence-corrected chi connectivity index (χ1v) is 3.85. The molecule has 1 fully saturated rings. The molecule has 1 heterocycles. The summed E-state index contributed by atoms with van der Waals surface area (Å²) in [6, 6.07) is 1.74. The van der Waals surface area contributed by atoms with Crippen LogP contribution in [0.4, 0.5) is 9.18 Å². The number of carboxylic acid groups (broad SMARTS) is 1. The molecule has 0 aromatic rings. The molecule has 1 unspecified atom stereocenters. The second-order valence-electron chi connectivity index (χ2n) is 2.79. The van der Waals surface area contributed by atoms with Crippen LogP contribution in [0.25, 0.3) is 0 Å². The molecule has 1 aliphatic heterocycles. The van der Waals surface area contributed by atoms with Gasteiger partial charge < -0.3 is 10.0 Å². The van der Waals surface area contributed by atoms with Gasteiger partial charge in [-0.05, 0) is 12.0 Å². The van der Waals surface area contributed by atoms with Gasteiger partial charge in [-0.2, -0.15) is 5.26 Å². The van der Waals surface area contributed by atoms with E-state index >= 15 is 0 Å². The van der Waals surface area contributed by atoms with Gasteiger partial charge in [-0.15, -0.1) is 0 Å². The molecule has 1 N–H and O–H groups in total. The Morgan fingerprint density at radius 2 is 2.54 bits per heavy atom. The quantitative estimate of drug-likeness (QED) is 0.574. The van der Waals surface area contributed by atoms with E-state index in [1.165, 1.54) is 0 Å². The fourth-order valence-electron chi connectivity index (χ4n) is 1.24. The van der Waals surface area contributed by atoms with Crippen molar-refractivity contribution in [3.05, 3.63) is 11.6 Å². The maximum absolute atomic E-state index is 13.1. The Balaban J connectivity index is 2.63. The third-order valence-corrected chi connectivity index (χ3v) is 1.97. The van der Waals surface area contributed by atoms with Crippen LogP contribution in [0.5, 0.6) is 0 Å². The zero-order valence-corrected chi connectivity index (χ0v) is 6.90. The highest BCUT2D eigenvalue weighted by molar-refractivity contribution is 5.65. The lowest BCUT2D eigenvalue weighted by molar-refractivity contribution is 0.123. The van der Waals surface area contributed by atoms with Crippen LogP contribution in [-0.2, 0) is 0 Å². The van der Waals surface area contributed by atoms with Gasteiger partial charge in [0.05, 0.1) is 12.6 Å². The summed E-state index contributed by atoms with van der Waals surface area (Å²) in [5.74, 6) is 0. The molecule has 0 aromatic carbocycles. The van der Waals surface area contributed by atoms with E-state index in [1.807, 2.05) is 0 Å². The number of allylic oxidation sites excluding steroid dienone is 1. The van der Waals surface area contributed by atoms with Gasteiger partial charge in [0.1, 0.15) is 6.17 Å². The minimum Gasteiger partial charge on any atom is -0.465 e. The van der Waals surface area contributed by atoms with Crippen LogP contribution < -0.4 is 0 Å². The second kappa shape index (κ2) is 3.90. The van der Waals surface area contributed by atoms with Crippen molar-refractivity contribution < 1.29 is 14.3 Å². The van der Waals surface area contributed by atoms with Gasteiger partial charge in [0.25, 0.3) is 0 Å². The molecule has 1 aliphatic rings. The summed E-state index contributed by atoms with van der Waals surface area (Å²) in [4.78, 5) is 11.5. The minimum atomic E-state index is -1.33. The number of likely N-dealkylation sites (tertiary alicyclic amines) is 1. The summed E-state index contributed by atoms with van der Waals surface area (Å²) in [5, 5.41) is 16.8. The van der Waals surface area contributed by atoms with Gasteiger partial charge in [-0.1, -0.05) is 0 Å². The highest BCUT2D eigenvalue weighted by Gasteiger charge is 2.26. The van der Waals surface area contributed by atoms with Gasteiger partial charge in [0.15, 0.2) is 0 Å². The number of rotatable bonds is 0. The van der Waals surface area contributed by atoms with Crippen molar-refractivity contribution in [3.8, 4) is 6.07 Å². The van der Waals surface area contributed by atoms with Gasteiger partial charge in [-0.25, -0.2) is 9.18 Å². The van der Waals surface area contributed by atoms with Crippen LogP contribution in [0.1, 0.15) is 6.42 Å². The molecule has 13 heavy (non-hydrogen) atoms. The number of piperidine rings is 1. The molecule has 0 spiro atoms. The molecule has 4 nitrogen and oxygen atoms in total. The van der Waals surface area contributed by atoms with E-state index < -0.39 is 12.3 Å². The predicted octanol–water partition coefficient (Wildman–Crippen LogP) is 1.16. The van der Waals surface area contributed by atoms with E-state index in [9.17, 15) is 9.18 Å². The lowest BCUT2D eigenvalue weighted by atomic mass is 10.0. The number of nitriles is 1. The molecule has 5 heteroatoms. The zero-order valence-electron chi connectivity index (χ0n) is 6.90. The molecule has 0 aromatic heterocycles. The zero-order chi connectivity index (χ0) is 9.84. The fourth-order valence-corrected chi connectivity index (χ4v) is 1.24. The first kappa shape index (κ1) is 9.52. The molecular formula is C8H9FN2O2. The maximum atomic E-state index is 13.1. The standard InChI is InChI=1S/C8H9FN2O2/c9-7-5-11(8(12)13)4-2-6(7)1-3-10/h1,7H,2,4-5H2,(H,12,13)/b6-1-. The fraction of sp³-hybridized carbons (Fsp3) is 0.500. The summed E-state index contributed by atoms with van der Waals surface area (Å²) in [5.41, 5.74) is 0.389. The Kier molecular flexibility index (Phi) is 2.85. The maximum Gasteiger partial charge on any atom is 0.407 e. The van der Waals surface area contributed by atoms with Crippen molar-refractivity contribution >= 4 is 6.09 Å². The molecule has 1 rings (SSSR count). The number of hydrogen-bond donors (Lipinski definition) is 1. The largest absolute Gasteiger partial charge is 0.465 e. The minimum absolute atomic E-state index is 0.164. The lowest BCUT2D eigenvalue weighted by Gasteiger charge is -2.28. The van der Waals surface area contributed by atoms with Crippen LogP contribution >= 0.6 is 0 Å². The molecule has 1 amide bonds. The van der Waals surface area contributed by atoms with E-state index in [1.54, 1.807) is 6.07 Å². The Hall–Kier alpha value is -1.57. The molecule has 0 radical (unpaired) electrons. The molecular weight excluding hydrogens is 175 g/mol. The highest BCUT2D eigenvalue weighted by Crippen LogP contribution is 2.19. The van der Waals surface area contributed by atoms with Crippen molar-refractivity contribution in [2.24, 2.45) is 0 Å². The Morgan fingerprint density at radius 1 is 1.85 bits per heavy atom. The van der Waals surface area contributed by atoms with Crippen LogP contribution in [-0.4, -0.2) is 35.4 Å². The number of carbonyl (C=O) groups is 1. The van der Waals surface area contributed by atoms with Crippen LogP contribution in [0.15, 0.2) is 11.6 Å². The monoisotopic (exact) mass is 184 g/mol. The molecule has 1 saturated heterocycles. The molecule has 0 bridgehead atoms. The van der Waals surface area contributed by atoms with Gasteiger partial charge in [-0.3, -0.25) is 0 Å². The van der Waals surface area contributed by atoms with E-state index in [4.69, 9.17) is 10.4 Å². The average molecular weight is 184 g/mol. The molecule has 70 valence electrons. The summed E-state index contributed by atoms with van der Waals surface area (Å²) in [7, 11) is 0. The number of alkyl halides is 1. The van der Waals surface area contributed by atoms with E-state index in [2.05, 4.69) is 0 Å². The van der Waals surface area contributed by atoms with Crippen molar-refractivity contribution in [2.45, 2.75) is 12.6 Å². The lowest BCUT2D eigenvalue weighted by Crippen LogP contribution is -2.41. The number of hydrogen-bond acceptors (Lipinski definition) is 2. The van der Waals surface area contributed by atoms with Crippen LogP contribution in [0.3, 0.4) is 0 Å². The Morgan fingerprint density at radius 3 is 3.00 bits per heavy atom. The summed E-state index contributed by atoms with van der Waals surface area (Å²) in [6.45, 7) is 0.103. The van der Waals surface area contributed by atoms with E-state index in [0.29, 0.717) is 12.0 Å². The summed E-state index contributed by atoms with van der Waals surface area (Å²) < 4.78 is 13.1.